The number of benzene rings is 1. The molecule has 1 heterocycles. The molecule has 1 aromatic carbocycles. The molecular formula is C20H29N3O2. The van der Waals surface area contributed by atoms with Crippen molar-refractivity contribution in [3.05, 3.63) is 35.5 Å². The minimum atomic E-state index is -0.586. The minimum Gasteiger partial charge on any atom is -0.442 e. The van der Waals surface area contributed by atoms with Crippen LogP contribution in [0.3, 0.4) is 0 Å². The molecule has 1 aromatic heterocycles. The van der Waals surface area contributed by atoms with Gasteiger partial charge < -0.3 is 10.5 Å². The number of nitrogens with two attached hydrogens (primary N) is 1. The summed E-state index contributed by atoms with van der Waals surface area (Å²) < 4.78 is 6.73. The van der Waals surface area contributed by atoms with Crippen molar-refractivity contribution in [2.75, 3.05) is 5.73 Å². The van der Waals surface area contributed by atoms with E-state index >= 15 is 0 Å². The van der Waals surface area contributed by atoms with Crippen LogP contribution in [-0.2, 0) is 16.6 Å². The fourth-order valence-corrected chi connectivity index (χ4v) is 2.60. The highest BCUT2D eigenvalue weighted by Gasteiger charge is 2.24. The lowest BCUT2D eigenvalue weighted by Crippen LogP contribution is -2.28. The van der Waals surface area contributed by atoms with Crippen molar-refractivity contribution in [1.29, 1.82) is 0 Å². The van der Waals surface area contributed by atoms with E-state index in [0.717, 1.165) is 5.56 Å². The second-order valence-electron chi connectivity index (χ2n) is 8.28. The summed E-state index contributed by atoms with van der Waals surface area (Å²) in [5, 5.41) is 4.44. The number of nitrogen functional groups attached to an aromatic ring is 1. The predicted molar refractivity (Wildman–Crippen MR) is 102 cm³/mol. The molecule has 0 unspecified atom stereocenters. The SMILES string of the molecule is CCc1c(N)c(-c2ccc(C(C)(C)C)cc2)nn1C(=O)OC(C)(C)C. The summed E-state index contributed by atoms with van der Waals surface area (Å²) in [5.74, 6) is 0. The van der Waals surface area contributed by atoms with E-state index < -0.39 is 11.7 Å². The summed E-state index contributed by atoms with van der Waals surface area (Å²) >= 11 is 0. The van der Waals surface area contributed by atoms with Gasteiger partial charge in [0, 0.05) is 5.56 Å². The van der Waals surface area contributed by atoms with Gasteiger partial charge >= 0.3 is 6.09 Å². The number of nitrogens with zero attached hydrogens (tertiary/aromatic N) is 2. The highest BCUT2D eigenvalue weighted by molar-refractivity contribution is 5.80. The van der Waals surface area contributed by atoms with Crippen LogP contribution in [0, 0.1) is 0 Å². The zero-order valence-electron chi connectivity index (χ0n) is 16.3. The van der Waals surface area contributed by atoms with Crippen molar-refractivity contribution >= 4 is 11.8 Å². The quantitative estimate of drug-likeness (QED) is 0.852. The molecule has 0 fully saturated rings. The first-order valence-electron chi connectivity index (χ1n) is 8.65. The summed E-state index contributed by atoms with van der Waals surface area (Å²) in [6.45, 7) is 13.9. The largest absolute Gasteiger partial charge is 0.442 e. The Kier molecular flexibility index (Phi) is 4.98. The molecule has 0 aliphatic carbocycles. The average Bonchev–Trinajstić information content (AvgIpc) is 2.81. The van der Waals surface area contributed by atoms with E-state index in [1.54, 1.807) is 0 Å². The summed E-state index contributed by atoms with van der Waals surface area (Å²) in [6.07, 6.45) is 0.0895. The molecule has 2 rings (SSSR count). The second kappa shape index (κ2) is 6.54. The molecule has 2 N–H and O–H groups in total. The molecule has 0 aliphatic heterocycles. The van der Waals surface area contributed by atoms with Gasteiger partial charge in [0.25, 0.3) is 0 Å². The van der Waals surface area contributed by atoms with E-state index in [2.05, 4.69) is 38.0 Å². The molecule has 5 nitrogen and oxygen atoms in total. The van der Waals surface area contributed by atoms with Crippen molar-refractivity contribution in [3.63, 3.8) is 0 Å². The summed E-state index contributed by atoms with van der Waals surface area (Å²) in [6, 6.07) is 8.15. The monoisotopic (exact) mass is 343 g/mol. The van der Waals surface area contributed by atoms with Gasteiger partial charge in [0.2, 0.25) is 0 Å². The molecule has 0 aliphatic rings. The third kappa shape index (κ3) is 4.21. The number of anilines is 1. The van der Waals surface area contributed by atoms with Crippen LogP contribution in [0.25, 0.3) is 11.3 Å². The molecule has 136 valence electrons. The van der Waals surface area contributed by atoms with Crippen molar-refractivity contribution in [3.8, 4) is 11.3 Å². The zero-order valence-corrected chi connectivity index (χ0v) is 16.3. The van der Waals surface area contributed by atoms with Crippen LogP contribution in [0.15, 0.2) is 24.3 Å². The molecule has 0 radical (unpaired) electrons. The molecule has 0 saturated carbocycles. The topological polar surface area (TPSA) is 70.1 Å². The number of rotatable bonds is 2. The zero-order chi connectivity index (χ0) is 19.0. The van der Waals surface area contributed by atoms with Gasteiger partial charge in [0.05, 0.1) is 11.4 Å². The Morgan fingerprint density at radius 1 is 1.12 bits per heavy atom. The number of carbonyl (C=O) groups is 1. The fourth-order valence-electron chi connectivity index (χ4n) is 2.60. The predicted octanol–water partition coefficient (Wildman–Crippen LogP) is 4.78. The number of carbonyl (C=O) groups excluding carboxylic acids is 1. The van der Waals surface area contributed by atoms with Crippen molar-refractivity contribution < 1.29 is 9.53 Å². The van der Waals surface area contributed by atoms with Crippen molar-refractivity contribution in [2.45, 2.75) is 65.9 Å². The van der Waals surface area contributed by atoms with Crippen molar-refractivity contribution in [2.24, 2.45) is 0 Å². The van der Waals surface area contributed by atoms with Gasteiger partial charge in [-0.25, -0.2) is 4.79 Å². The van der Waals surface area contributed by atoms with Crippen LogP contribution in [0.1, 0.15) is 59.7 Å². The van der Waals surface area contributed by atoms with Crippen molar-refractivity contribution in [1.82, 2.24) is 9.78 Å². The first kappa shape index (κ1) is 19.0. The third-order valence-electron chi connectivity index (χ3n) is 3.95. The lowest BCUT2D eigenvalue weighted by molar-refractivity contribution is 0.0510. The Morgan fingerprint density at radius 2 is 1.68 bits per heavy atom. The molecule has 2 aromatic rings. The van der Waals surface area contributed by atoms with Gasteiger partial charge in [-0.3, -0.25) is 0 Å². The number of ether oxygens (including phenoxy) is 1. The maximum atomic E-state index is 12.4. The lowest BCUT2D eigenvalue weighted by Gasteiger charge is -2.19. The maximum Gasteiger partial charge on any atom is 0.435 e. The standard InChI is InChI=1S/C20H29N3O2/c1-8-15-16(21)17(22-23(15)18(24)25-20(5,6)7)13-9-11-14(12-10-13)19(2,3)4/h9-12H,8,21H2,1-7H3. The van der Waals surface area contributed by atoms with E-state index in [4.69, 9.17) is 10.5 Å². The number of aromatic nitrogens is 2. The molecular weight excluding hydrogens is 314 g/mol. The van der Waals surface area contributed by atoms with Gasteiger partial charge in [0.1, 0.15) is 11.3 Å². The smallest absolute Gasteiger partial charge is 0.435 e. The van der Waals surface area contributed by atoms with E-state index in [0.29, 0.717) is 23.5 Å². The average molecular weight is 343 g/mol. The minimum absolute atomic E-state index is 0.0779. The Labute approximate surface area is 150 Å². The van der Waals surface area contributed by atoms with Crippen LogP contribution in [-0.4, -0.2) is 21.5 Å². The highest BCUT2D eigenvalue weighted by atomic mass is 16.6. The third-order valence-corrected chi connectivity index (χ3v) is 3.95. The Hall–Kier alpha value is -2.30. The van der Waals surface area contributed by atoms with E-state index in [1.807, 2.05) is 39.8 Å². The molecule has 0 bridgehead atoms. The number of hydrogen-bond acceptors (Lipinski definition) is 4. The lowest BCUT2D eigenvalue weighted by atomic mass is 9.86. The van der Waals surface area contributed by atoms with Crippen LogP contribution >= 0.6 is 0 Å². The van der Waals surface area contributed by atoms with Gasteiger partial charge in [-0.2, -0.15) is 9.78 Å². The number of hydrogen-bond donors (Lipinski definition) is 1. The molecule has 0 saturated heterocycles. The summed E-state index contributed by atoms with van der Waals surface area (Å²) in [5.41, 5.74) is 9.71. The van der Waals surface area contributed by atoms with Crippen LogP contribution in [0.5, 0.6) is 0 Å². The summed E-state index contributed by atoms with van der Waals surface area (Å²) in [4.78, 5) is 12.4. The molecule has 5 heteroatoms. The maximum absolute atomic E-state index is 12.4. The van der Waals surface area contributed by atoms with Crippen LogP contribution in [0.4, 0.5) is 10.5 Å². The van der Waals surface area contributed by atoms with Crippen LogP contribution < -0.4 is 5.73 Å². The fraction of sp³-hybridized carbons (Fsp3) is 0.500. The highest BCUT2D eigenvalue weighted by Crippen LogP contribution is 2.31. The van der Waals surface area contributed by atoms with E-state index in [9.17, 15) is 4.79 Å². The Morgan fingerprint density at radius 3 is 2.12 bits per heavy atom. The van der Waals surface area contributed by atoms with Gasteiger partial charge in [0.15, 0.2) is 0 Å². The molecule has 0 amide bonds. The van der Waals surface area contributed by atoms with E-state index in [1.165, 1.54) is 10.2 Å². The molecule has 0 atom stereocenters. The van der Waals surface area contributed by atoms with Crippen LogP contribution in [0.2, 0.25) is 0 Å². The first-order chi connectivity index (χ1) is 11.4. The van der Waals surface area contributed by atoms with E-state index in [-0.39, 0.29) is 5.41 Å². The normalized spacial score (nSPS) is 12.3. The molecule has 25 heavy (non-hydrogen) atoms. The summed E-state index contributed by atoms with van der Waals surface area (Å²) in [7, 11) is 0. The van der Waals surface area contributed by atoms with Gasteiger partial charge in [-0.15, -0.1) is 0 Å². The Balaban J connectivity index is 2.45. The first-order valence-corrected chi connectivity index (χ1v) is 8.65. The molecule has 0 spiro atoms. The Bertz CT molecular complexity index is 760. The van der Waals surface area contributed by atoms with Gasteiger partial charge in [-0.1, -0.05) is 52.0 Å². The second-order valence-corrected chi connectivity index (χ2v) is 8.28. The van der Waals surface area contributed by atoms with Gasteiger partial charge in [-0.05, 0) is 38.2 Å².